The smallest absolute Gasteiger partial charge is 0.170 e. The van der Waals surface area contributed by atoms with Gasteiger partial charge in [-0.2, -0.15) is 0 Å². The first kappa shape index (κ1) is 17.3. The Morgan fingerprint density at radius 3 is 2.57 bits per heavy atom. The molecule has 2 aromatic carbocycles. The molecule has 23 heavy (non-hydrogen) atoms. The molecule has 0 heterocycles. The fourth-order valence-corrected chi connectivity index (χ4v) is 2.54. The average Bonchev–Trinajstić information content (AvgIpc) is 2.59. The van der Waals surface area contributed by atoms with Crippen LogP contribution in [-0.2, 0) is 12.8 Å². The largest absolute Gasteiger partial charge is 0.497 e. The van der Waals surface area contributed by atoms with Crippen molar-refractivity contribution in [2.75, 3.05) is 19.0 Å². The summed E-state index contributed by atoms with van der Waals surface area (Å²) in [5, 5.41) is 7.12. The number of rotatable bonds is 7. The van der Waals surface area contributed by atoms with Gasteiger partial charge in [0.05, 0.1) is 7.11 Å². The fraction of sp³-hybridized carbons (Fsp3) is 0.316. The molecule has 2 aromatic rings. The quantitative estimate of drug-likeness (QED) is 0.590. The number of anilines is 1. The van der Waals surface area contributed by atoms with Gasteiger partial charge in [-0.3, -0.25) is 0 Å². The van der Waals surface area contributed by atoms with E-state index >= 15 is 0 Å². The Kier molecular flexibility index (Phi) is 6.88. The number of hydrogen-bond donors (Lipinski definition) is 2. The molecule has 4 heteroatoms. The topological polar surface area (TPSA) is 33.3 Å². The third-order valence-corrected chi connectivity index (χ3v) is 3.93. The van der Waals surface area contributed by atoms with Gasteiger partial charge in [-0.15, -0.1) is 0 Å². The normalized spacial score (nSPS) is 10.2. The molecule has 2 N–H and O–H groups in total. The Morgan fingerprint density at radius 1 is 1.09 bits per heavy atom. The zero-order valence-corrected chi connectivity index (χ0v) is 14.6. The first-order valence-electron chi connectivity index (χ1n) is 7.98. The fourth-order valence-electron chi connectivity index (χ4n) is 2.32. The van der Waals surface area contributed by atoms with E-state index in [0.29, 0.717) is 5.11 Å². The van der Waals surface area contributed by atoms with Gasteiger partial charge in [-0.1, -0.05) is 31.2 Å². The van der Waals surface area contributed by atoms with Crippen LogP contribution in [-0.4, -0.2) is 18.8 Å². The van der Waals surface area contributed by atoms with E-state index < -0.39 is 0 Å². The lowest BCUT2D eigenvalue weighted by Crippen LogP contribution is -2.29. The lowest BCUT2D eigenvalue weighted by Gasteiger charge is -2.11. The van der Waals surface area contributed by atoms with Crippen LogP contribution < -0.4 is 15.4 Å². The molecule has 3 nitrogen and oxygen atoms in total. The molecule has 0 saturated heterocycles. The zero-order valence-electron chi connectivity index (χ0n) is 13.8. The molecular formula is C19H24N2OS. The van der Waals surface area contributed by atoms with Gasteiger partial charge < -0.3 is 15.4 Å². The van der Waals surface area contributed by atoms with E-state index in [-0.39, 0.29) is 0 Å². The van der Waals surface area contributed by atoms with E-state index in [2.05, 4.69) is 54.0 Å². The lowest BCUT2D eigenvalue weighted by atomic mass is 10.1. The van der Waals surface area contributed by atoms with Crippen LogP contribution in [0.2, 0.25) is 0 Å². The predicted molar refractivity (Wildman–Crippen MR) is 101 cm³/mol. The van der Waals surface area contributed by atoms with Crippen LogP contribution in [0.4, 0.5) is 5.69 Å². The summed E-state index contributed by atoms with van der Waals surface area (Å²) >= 11 is 5.32. The SMILES string of the molecule is CCc1ccc(NC(=S)NCCCc2cccc(OC)c2)cc1. The summed E-state index contributed by atoms with van der Waals surface area (Å²) in [5.74, 6) is 0.906. The van der Waals surface area contributed by atoms with E-state index in [1.165, 1.54) is 11.1 Å². The van der Waals surface area contributed by atoms with Crippen LogP contribution in [0.1, 0.15) is 24.5 Å². The maximum absolute atomic E-state index is 5.32. The molecule has 0 radical (unpaired) electrons. The first-order valence-corrected chi connectivity index (χ1v) is 8.39. The van der Waals surface area contributed by atoms with Gasteiger partial charge in [-0.05, 0) is 66.9 Å². The zero-order chi connectivity index (χ0) is 16.5. The number of thiocarbonyl (C=S) groups is 1. The van der Waals surface area contributed by atoms with Crippen LogP contribution in [0.5, 0.6) is 5.75 Å². The molecule has 0 bridgehead atoms. The van der Waals surface area contributed by atoms with Gasteiger partial charge in [0, 0.05) is 12.2 Å². The molecule has 0 spiro atoms. The summed E-state index contributed by atoms with van der Waals surface area (Å²) in [6.45, 7) is 2.99. The minimum absolute atomic E-state index is 0.667. The molecule has 0 unspecified atom stereocenters. The van der Waals surface area contributed by atoms with Crippen molar-refractivity contribution in [1.82, 2.24) is 5.32 Å². The van der Waals surface area contributed by atoms with Gasteiger partial charge in [0.15, 0.2) is 5.11 Å². The minimum Gasteiger partial charge on any atom is -0.497 e. The monoisotopic (exact) mass is 328 g/mol. The number of hydrogen-bond acceptors (Lipinski definition) is 2. The highest BCUT2D eigenvalue weighted by Gasteiger charge is 1.99. The Balaban J connectivity index is 1.69. The summed E-state index contributed by atoms with van der Waals surface area (Å²) in [5.41, 5.74) is 3.63. The number of nitrogens with one attached hydrogen (secondary N) is 2. The van der Waals surface area contributed by atoms with E-state index in [1.54, 1.807) is 7.11 Å². The van der Waals surface area contributed by atoms with Gasteiger partial charge in [0.2, 0.25) is 0 Å². The Hall–Kier alpha value is -2.07. The summed E-state index contributed by atoms with van der Waals surface area (Å²) in [6.07, 6.45) is 3.06. The van der Waals surface area contributed by atoms with Crippen LogP contribution in [0.25, 0.3) is 0 Å². The Labute approximate surface area is 144 Å². The second kappa shape index (κ2) is 9.16. The second-order valence-corrected chi connectivity index (χ2v) is 5.79. The van der Waals surface area contributed by atoms with Crippen molar-refractivity contribution in [3.63, 3.8) is 0 Å². The van der Waals surface area contributed by atoms with Crippen molar-refractivity contribution in [3.05, 3.63) is 59.7 Å². The van der Waals surface area contributed by atoms with Gasteiger partial charge in [0.1, 0.15) is 5.75 Å². The molecular weight excluding hydrogens is 304 g/mol. The lowest BCUT2D eigenvalue weighted by molar-refractivity contribution is 0.414. The van der Waals surface area contributed by atoms with Crippen molar-refractivity contribution in [3.8, 4) is 5.75 Å². The predicted octanol–water partition coefficient (Wildman–Crippen LogP) is 4.18. The standard InChI is InChI=1S/C19H24N2OS/c1-3-15-9-11-17(12-10-15)21-19(23)20-13-5-7-16-6-4-8-18(14-16)22-2/h4,6,8-12,14H,3,5,7,13H2,1-2H3,(H2,20,21,23). The van der Waals surface area contributed by atoms with Crippen molar-refractivity contribution < 1.29 is 4.74 Å². The molecule has 0 atom stereocenters. The maximum atomic E-state index is 5.32. The summed E-state index contributed by atoms with van der Waals surface area (Å²) in [4.78, 5) is 0. The Morgan fingerprint density at radius 2 is 1.87 bits per heavy atom. The first-order chi connectivity index (χ1) is 11.2. The molecule has 0 saturated carbocycles. The molecule has 0 fully saturated rings. The van der Waals surface area contributed by atoms with Crippen molar-refractivity contribution in [2.24, 2.45) is 0 Å². The van der Waals surface area contributed by atoms with Crippen LogP contribution in [0.15, 0.2) is 48.5 Å². The maximum Gasteiger partial charge on any atom is 0.170 e. The van der Waals surface area contributed by atoms with E-state index in [9.17, 15) is 0 Å². The average molecular weight is 328 g/mol. The molecule has 0 aliphatic carbocycles. The van der Waals surface area contributed by atoms with Crippen molar-refractivity contribution in [2.45, 2.75) is 26.2 Å². The third-order valence-electron chi connectivity index (χ3n) is 3.68. The van der Waals surface area contributed by atoms with Gasteiger partial charge in [0.25, 0.3) is 0 Å². The van der Waals surface area contributed by atoms with Gasteiger partial charge in [-0.25, -0.2) is 0 Å². The molecule has 0 aromatic heterocycles. The minimum atomic E-state index is 0.667. The highest BCUT2D eigenvalue weighted by molar-refractivity contribution is 7.80. The van der Waals surface area contributed by atoms with E-state index in [1.807, 2.05) is 12.1 Å². The molecule has 0 aliphatic heterocycles. The molecule has 122 valence electrons. The number of ether oxygens (including phenoxy) is 1. The second-order valence-electron chi connectivity index (χ2n) is 5.39. The van der Waals surface area contributed by atoms with Gasteiger partial charge >= 0.3 is 0 Å². The summed E-state index contributed by atoms with van der Waals surface area (Å²) < 4.78 is 5.24. The van der Waals surface area contributed by atoms with Crippen LogP contribution in [0, 0.1) is 0 Å². The Bertz CT molecular complexity index is 626. The number of benzene rings is 2. The highest BCUT2D eigenvalue weighted by atomic mass is 32.1. The molecule has 0 amide bonds. The van der Waals surface area contributed by atoms with Crippen LogP contribution in [0.3, 0.4) is 0 Å². The summed E-state index contributed by atoms with van der Waals surface area (Å²) in [6, 6.07) is 16.5. The molecule has 0 aliphatic rings. The van der Waals surface area contributed by atoms with E-state index in [4.69, 9.17) is 17.0 Å². The highest BCUT2D eigenvalue weighted by Crippen LogP contribution is 2.13. The number of methoxy groups -OCH3 is 1. The van der Waals surface area contributed by atoms with Crippen LogP contribution >= 0.6 is 12.2 Å². The third kappa shape index (κ3) is 5.91. The molecule has 2 rings (SSSR count). The van der Waals surface area contributed by atoms with Crippen molar-refractivity contribution >= 4 is 23.0 Å². The van der Waals surface area contributed by atoms with E-state index in [0.717, 1.165) is 37.2 Å². The number of aryl methyl sites for hydroxylation is 2. The summed E-state index contributed by atoms with van der Waals surface area (Å²) in [7, 11) is 1.69. The van der Waals surface area contributed by atoms with Crippen molar-refractivity contribution in [1.29, 1.82) is 0 Å².